The fourth-order valence-corrected chi connectivity index (χ4v) is 2.78. The van der Waals surface area contributed by atoms with Crippen molar-refractivity contribution in [3.05, 3.63) is 0 Å². The standard InChI is InChI=1S/C12H22N4O/c1-14-12(13)15-10-6-7-16(8-10)11(17)9-4-2-3-5-9/h9-10H,2-8H2,1H3,(H3,13,14,15). The molecular formula is C12H22N4O. The van der Waals surface area contributed by atoms with Crippen LogP contribution in [0.3, 0.4) is 0 Å². The molecule has 0 aromatic heterocycles. The summed E-state index contributed by atoms with van der Waals surface area (Å²) in [5, 5.41) is 3.14. The van der Waals surface area contributed by atoms with Gasteiger partial charge in [-0.1, -0.05) is 12.8 Å². The van der Waals surface area contributed by atoms with Gasteiger partial charge in [0.1, 0.15) is 0 Å². The van der Waals surface area contributed by atoms with E-state index in [1.165, 1.54) is 12.8 Å². The summed E-state index contributed by atoms with van der Waals surface area (Å²) < 4.78 is 0. The van der Waals surface area contributed by atoms with Gasteiger partial charge in [0.15, 0.2) is 5.96 Å². The van der Waals surface area contributed by atoms with Crippen LogP contribution in [0.2, 0.25) is 0 Å². The first kappa shape index (κ1) is 12.2. The van der Waals surface area contributed by atoms with Crippen molar-refractivity contribution in [2.75, 3.05) is 20.1 Å². The van der Waals surface area contributed by atoms with Gasteiger partial charge in [-0.05, 0) is 19.3 Å². The Kier molecular flexibility index (Phi) is 3.86. The van der Waals surface area contributed by atoms with Crippen molar-refractivity contribution in [3.63, 3.8) is 0 Å². The number of guanidine groups is 1. The second-order valence-corrected chi connectivity index (χ2v) is 5.00. The summed E-state index contributed by atoms with van der Waals surface area (Å²) in [4.78, 5) is 18.0. The molecule has 1 saturated carbocycles. The van der Waals surface area contributed by atoms with E-state index in [-0.39, 0.29) is 12.0 Å². The maximum absolute atomic E-state index is 12.2. The SMILES string of the molecule is CN=C(N)NC1CCN(C(=O)C2CCCC2)C1. The predicted molar refractivity (Wildman–Crippen MR) is 67.6 cm³/mol. The second kappa shape index (κ2) is 5.38. The summed E-state index contributed by atoms with van der Waals surface area (Å²) in [6, 6.07) is 0.268. The third-order valence-electron chi connectivity index (χ3n) is 3.80. The van der Waals surface area contributed by atoms with Gasteiger partial charge in [0.05, 0.1) is 0 Å². The van der Waals surface area contributed by atoms with E-state index in [0.29, 0.717) is 11.9 Å². The lowest BCUT2D eigenvalue weighted by Crippen LogP contribution is -2.42. The Hall–Kier alpha value is -1.26. The van der Waals surface area contributed by atoms with Crippen molar-refractivity contribution < 1.29 is 4.79 Å². The number of nitrogens with one attached hydrogen (secondary N) is 1. The quantitative estimate of drug-likeness (QED) is 0.537. The van der Waals surface area contributed by atoms with Crippen molar-refractivity contribution in [2.45, 2.75) is 38.1 Å². The highest BCUT2D eigenvalue weighted by Crippen LogP contribution is 2.27. The first-order chi connectivity index (χ1) is 8.20. The summed E-state index contributed by atoms with van der Waals surface area (Å²) in [6.45, 7) is 1.62. The molecule has 1 heterocycles. The number of likely N-dealkylation sites (tertiary alicyclic amines) is 1. The highest BCUT2D eigenvalue weighted by atomic mass is 16.2. The Morgan fingerprint density at radius 2 is 2.06 bits per heavy atom. The number of amides is 1. The highest BCUT2D eigenvalue weighted by molar-refractivity contribution is 5.80. The van der Waals surface area contributed by atoms with Gasteiger partial charge in [0, 0.05) is 32.1 Å². The molecule has 5 heteroatoms. The molecule has 0 spiro atoms. The van der Waals surface area contributed by atoms with E-state index in [4.69, 9.17) is 5.73 Å². The number of aliphatic imine (C=N–C) groups is 1. The van der Waals surface area contributed by atoms with E-state index in [0.717, 1.165) is 32.4 Å². The fourth-order valence-electron chi connectivity index (χ4n) is 2.78. The molecule has 1 amide bonds. The van der Waals surface area contributed by atoms with Crippen molar-refractivity contribution >= 4 is 11.9 Å². The maximum atomic E-state index is 12.2. The fraction of sp³-hybridized carbons (Fsp3) is 0.833. The second-order valence-electron chi connectivity index (χ2n) is 5.00. The van der Waals surface area contributed by atoms with Crippen LogP contribution in [0.5, 0.6) is 0 Å². The van der Waals surface area contributed by atoms with Gasteiger partial charge in [0.2, 0.25) is 5.91 Å². The normalized spacial score (nSPS) is 26.5. The first-order valence-corrected chi connectivity index (χ1v) is 6.48. The molecule has 17 heavy (non-hydrogen) atoms. The Labute approximate surface area is 102 Å². The Balaban J connectivity index is 1.82. The van der Waals surface area contributed by atoms with Crippen LogP contribution in [0.1, 0.15) is 32.1 Å². The van der Waals surface area contributed by atoms with Crippen LogP contribution in [-0.4, -0.2) is 42.9 Å². The summed E-state index contributed by atoms with van der Waals surface area (Å²) >= 11 is 0. The predicted octanol–water partition coefficient (Wildman–Crippen LogP) is 0.312. The van der Waals surface area contributed by atoms with Crippen LogP contribution in [-0.2, 0) is 4.79 Å². The third kappa shape index (κ3) is 2.90. The molecule has 2 aliphatic rings. The van der Waals surface area contributed by atoms with Gasteiger partial charge in [-0.2, -0.15) is 0 Å². The molecule has 3 N–H and O–H groups in total. The molecule has 0 aromatic carbocycles. The number of hydrogen-bond donors (Lipinski definition) is 2. The van der Waals surface area contributed by atoms with E-state index in [9.17, 15) is 4.79 Å². The molecule has 1 aliphatic carbocycles. The van der Waals surface area contributed by atoms with Crippen LogP contribution >= 0.6 is 0 Å². The summed E-state index contributed by atoms with van der Waals surface area (Å²) in [7, 11) is 1.67. The first-order valence-electron chi connectivity index (χ1n) is 6.48. The number of carbonyl (C=O) groups is 1. The minimum atomic E-state index is 0.268. The minimum absolute atomic E-state index is 0.268. The summed E-state index contributed by atoms with van der Waals surface area (Å²) in [5.74, 6) is 1.09. The van der Waals surface area contributed by atoms with Crippen molar-refractivity contribution in [1.29, 1.82) is 0 Å². The molecule has 1 atom stereocenters. The molecule has 2 rings (SSSR count). The molecule has 0 radical (unpaired) electrons. The van der Waals surface area contributed by atoms with Crippen LogP contribution in [0.4, 0.5) is 0 Å². The lowest BCUT2D eigenvalue weighted by atomic mass is 10.1. The van der Waals surface area contributed by atoms with Crippen LogP contribution in [0.25, 0.3) is 0 Å². The van der Waals surface area contributed by atoms with E-state index in [1.807, 2.05) is 4.90 Å². The minimum Gasteiger partial charge on any atom is -0.370 e. The van der Waals surface area contributed by atoms with Crippen LogP contribution in [0.15, 0.2) is 4.99 Å². The Bertz CT molecular complexity index is 310. The van der Waals surface area contributed by atoms with Gasteiger partial charge in [-0.25, -0.2) is 0 Å². The molecule has 2 fully saturated rings. The van der Waals surface area contributed by atoms with Gasteiger partial charge in [-0.3, -0.25) is 9.79 Å². The lowest BCUT2D eigenvalue weighted by Gasteiger charge is -2.20. The van der Waals surface area contributed by atoms with E-state index < -0.39 is 0 Å². The highest BCUT2D eigenvalue weighted by Gasteiger charge is 2.32. The molecule has 5 nitrogen and oxygen atoms in total. The van der Waals surface area contributed by atoms with Crippen molar-refractivity contribution in [3.8, 4) is 0 Å². The largest absolute Gasteiger partial charge is 0.370 e. The van der Waals surface area contributed by atoms with E-state index in [1.54, 1.807) is 7.05 Å². The molecule has 1 aliphatic heterocycles. The van der Waals surface area contributed by atoms with Crippen LogP contribution in [0, 0.1) is 5.92 Å². The topological polar surface area (TPSA) is 70.7 Å². The lowest BCUT2D eigenvalue weighted by molar-refractivity contribution is -0.134. The van der Waals surface area contributed by atoms with Crippen molar-refractivity contribution in [2.24, 2.45) is 16.6 Å². The monoisotopic (exact) mass is 238 g/mol. The summed E-state index contributed by atoms with van der Waals surface area (Å²) in [6.07, 6.45) is 5.54. The molecular weight excluding hydrogens is 216 g/mol. The molecule has 0 aromatic rings. The Morgan fingerprint density at radius 1 is 1.35 bits per heavy atom. The average Bonchev–Trinajstić information content (AvgIpc) is 2.98. The zero-order valence-corrected chi connectivity index (χ0v) is 10.5. The smallest absolute Gasteiger partial charge is 0.225 e. The Morgan fingerprint density at radius 3 is 2.71 bits per heavy atom. The average molecular weight is 238 g/mol. The van der Waals surface area contributed by atoms with Crippen LogP contribution < -0.4 is 11.1 Å². The van der Waals surface area contributed by atoms with Gasteiger partial charge in [-0.15, -0.1) is 0 Å². The van der Waals surface area contributed by atoms with E-state index >= 15 is 0 Å². The molecule has 96 valence electrons. The van der Waals surface area contributed by atoms with Gasteiger partial charge in [0.25, 0.3) is 0 Å². The zero-order chi connectivity index (χ0) is 12.3. The van der Waals surface area contributed by atoms with Gasteiger partial charge >= 0.3 is 0 Å². The van der Waals surface area contributed by atoms with Gasteiger partial charge < -0.3 is 16.0 Å². The number of carbonyl (C=O) groups excluding carboxylic acids is 1. The number of nitrogens with two attached hydrogens (primary N) is 1. The zero-order valence-electron chi connectivity index (χ0n) is 10.5. The molecule has 0 bridgehead atoms. The number of rotatable bonds is 2. The maximum Gasteiger partial charge on any atom is 0.225 e. The van der Waals surface area contributed by atoms with Crippen molar-refractivity contribution in [1.82, 2.24) is 10.2 Å². The number of nitrogens with zero attached hydrogens (tertiary/aromatic N) is 2. The molecule has 1 saturated heterocycles. The summed E-state index contributed by atoms with van der Waals surface area (Å²) in [5.41, 5.74) is 5.63. The third-order valence-corrected chi connectivity index (χ3v) is 3.80. The van der Waals surface area contributed by atoms with E-state index in [2.05, 4.69) is 10.3 Å². The number of hydrogen-bond acceptors (Lipinski definition) is 2. The molecule has 1 unspecified atom stereocenters.